The smallest absolute Gasteiger partial charge is 0.407 e. The van der Waals surface area contributed by atoms with Gasteiger partial charge in [-0.25, -0.2) is 9.59 Å². The van der Waals surface area contributed by atoms with Crippen molar-refractivity contribution in [2.24, 2.45) is 0 Å². The van der Waals surface area contributed by atoms with Gasteiger partial charge in [-0.1, -0.05) is 48.5 Å². The molecular weight excluding hydrogens is 452 g/mol. The summed E-state index contributed by atoms with van der Waals surface area (Å²) in [7, 11) is 0. The number of ether oxygens (including phenoxy) is 2. The summed E-state index contributed by atoms with van der Waals surface area (Å²) in [5.74, 6) is -2.01. The fourth-order valence-electron chi connectivity index (χ4n) is 4.88. The molecule has 35 heavy (non-hydrogen) atoms. The monoisotopic (exact) mass is 482 g/mol. The highest BCUT2D eigenvalue weighted by atomic mass is 16.5. The molecule has 1 fully saturated rings. The molecule has 186 valence electrons. The minimum Gasteiger partial charge on any atom is -0.480 e. The summed E-state index contributed by atoms with van der Waals surface area (Å²) in [5.41, 5.74) is 3.51. The molecule has 1 aliphatic carbocycles. The average molecular weight is 483 g/mol. The van der Waals surface area contributed by atoms with E-state index in [0.29, 0.717) is 26.1 Å². The number of aliphatic hydroxyl groups is 1. The maximum atomic E-state index is 12.9. The van der Waals surface area contributed by atoms with Gasteiger partial charge in [-0.05, 0) is 42.0 Å². The molecule has 4 rings (SSSR count). The van der Waals surface area contributed by atoms with Gasteiger partial charge in [-0.15, -0.1) is 0 Å². The molecular formula is C26H30N2O7. The van der Waals surface area contributed by atoms with Gasteiger partial charge < -0.3 is 30.3 Å². The minimum atomic E-state index is -1.44. The van der Waals surface area contributed by atoms with Crippen molar-refractivity contribution >= 4 is 18.0 Å². The zero-order valence-corrected chi connectivity index (χ0v) is 19.5. The van der Waals surface area contributed by atoms with Crippen molar-refractivity contribution in [3.63, 3.8) is 0 Å². The van der Waals surface area contributed by atoms with E-state index in [2.05, 4.69) is 22.8 Å². The lowest BCUT2D eigenvalue weighted by Crippen LogP contribution is -2.56. The molecule has 2 aliphatic rings. The fourth-order valence-corrected chi connectivity index (χ4v) is 4.88. The van der Waals surface area contributed by atoms with Gasteiger partial charge in [0.15, 0.2) is 6.04 Å². The third-order valence-electron chi connectivity index (χ3n) is 6.72. The molecule has 9 heteroatoms. The van der Waals surface area contributed by atoms with Crippen LogP contribution in [-0.2, 0) is 19.1 Å². The molecule has 1 heterocycles. The number of hydrogen-bond donors (Lipinski definition) is 4. The Balaban J connectivity index is 1.42. The minimum absolute atomic E-state index is 0.0931. The summed E-state index contributed by atoms with van der Waals surface area (Å²) in [6.07, 6.45) is -1.32. The Bertz CT molecular complexity index is 1050. The van der Waals surface area contributed by atoms with Gasteiger partial charge in [0.2, 0.25) is 5.91 Å². The number of carbonyl (C=O) groups excluding carboxylic acids is 2. The molecule has 2 amide bonds. The van der Waals surface area contributed by atoms with Crippen molar-refractivity contribution in [1.82, 2.24) is 10.6 Å². The summed E-state index contributed by atoms with van der Waals surface area (Å²) < 4.78 is 11.1. The molecule has 4 N–H and O–H groups in total. The number of amides is 2. The zero-order valence-electron chi connectivity index (χ0n) is 19.5. The van der Waals surface area contributed by atoms with Crippen LogP contribution in [0.3, 0.4) is 0 Å². The van der Waals surface area contributed by atoms with Gasteiger partial charge in [-0.3, -0.25) is 4.79 Å². The number of carboxylic acid groups (broad SMARTS) is 1. The van der Waals surface area contributed by atoms with Gasteiger partial charge in [0.05, 0.1) is 18.1 Å². The maximum absolute atomic E-state index is 12.9. The molecule has 2 aromatic rings. The first-order chi connectivity index (χ1) is 16.8. The summed E-state index contributed by atoms with van der Waals surface area (Å²) in [6.45, 7) is 2.12. The SMILES string of the molecule is CC(O)C(NC(=O)CC1(NC(=O)OCC2c3ccccc3-c3ccccc32)CCOCC1)C(=O)O. The molecule has 1 aliphatic heterocycles. The Morgan fingerprint density at radius 1 is 1.06 bits per heavy atom. The number of hydrogen-bond acceptors (Lipinski definition) is 6. The maximum Gasteiger partial charge on any atom is 0.407 e. The number of nitrogens with one attached hydrogen (secondary N) is 2. The first-order valence-electron chi connectivity index (χ1n) is 11.7. The van der Waals surface area contributed by atoms with Crippen LogP contribution in [0, 0.1) is 0 Å². The zero-order chi connectivity index (χ0) is 25.0. The third-order valence-corrected chi connectivity index (χ3v) is 6.72. The lowest BCUT2D eigenvalue weighted by atomic mass is 9.86. The van der Waals surface area contributed by atoms with Crippen LogP contribution in [0.2, 0.25) is 0 Å². The number of rotatable bonds is 8. The predicted octanol–water partition coefficient (Wildman–Crippen LogP) is 2.41. The van der Waals surface area contributed by atoms with Gasteiger partial charge in [0.25, 0.3) is 0 Å². The summed E-state index contributed by atoms with van der Waals surface area (Å²) in [4.78, 5) is 36.8. The third kappa shape index (κ3) is 5.47. The molecule has 2 atom stereocenters. The second-order valence-electron chi connectivity index (χ2n) is 9.14. The molecule has 2 unspecified atom stereocenters. The van der Waals surface area contributed by atoms with Crippen LogP contribution in [0.5, 0.6) is 0 Å². The first kappa shape index (κ1) is 24.7. The van der Waals surface area contributed by atoms with Gasteiger partial charge >= 0.3 is 12.1 Å². The van der Waals surface area contributed by atoms with Crippen LogP contribution in [0.4, 0.5) is 4.79 Å². The predicted molar refractivity (Wildman–Crippen MR) is 127 cm³/mol. The van der Waals surface area contributed by atoms with Crippen molar-refractivity contribution in [1.29, 1.82) is 0 Å². The van der Waals surface area contributed by atoms with E-state index in [4.69, 9.17) is 9.47 Å². The molecule has 0 bridgehead atoms. The van der Waals surface area contributed by atoms with Crippen molar-refractivity contribution in [3.05, 3.63) is 59.7 Å². The number of aliphatic hydroxyl groups excluding tert-OH is 1. The second-order valence-corrected chi connectivity index (χ2v) is 9.14. The van der Waals surface area contributed by atoms with Crippen LogP contribution in [-0.4, -0.2) is 65.7 Å². The Morgan fingerprint density at radius 2 is 1.63 bits per heavy atom. The highest BCUT2D eigenvalue weighted by molar-refractivity contribution is 5.85. The van der Waals surface area contributed by atoms with Crippen LogP contribution < -0.4 is 10.6 Å². The van der Waals surface area contributed by atoms with Crippen molar-refractivity contribution in [2.75, 3.05) is 19.8 Å². The normalized spacial score (nSPS) is 18.0. The van der Waals surface area contributed by atoms with Gasteiger partial charge in [0.1, 0.15) is 6.61 Å². The molecule has 0 radical (unpaired) electrons. The molecule has 0 saturated carbocycles. The van der Waals surface area contributed by atoms with E-state index in [1.54, 1.807) is 0 Å². The van der Waals surface area contributed by atoms with E-state index in [1.807, 2.05) is 36.4 Å². The van der Waals surface area contributed by atoms with E-state index < -0.39 is 35.7 Å². The summed E-state index contributed by atoms with van der Waals surface area (Å²) >= 11 is 0. The van der Waals surface area contributed by atoms with E-state index in [0.717, 1.165) is 22.3 Å². The largest absolute Gasteiger partial charge is 0.480 e. The van der Waals surface area contributed by atoms with Crippen molar-refractivity contribution in [3.8, 4) is 11.1 Å². The fraction of sp³-hybridized carbons (Fsp3) is 0.423. The van der Waals surface area contributed by atoms with E-state index in [1.165, 1.54) is 6.92 Å². The number of benzene rings is 2. The van der Waals surface area contributed by atoms with Crippen LogP contribution in [0.1, 0.15) is 43.2 Å². The molecule has 0 spiro atoms. The van der Waals surface area contributed by atoms with Gasteiger partial charge in [-0.2, -0.15) is 0 Å². The standard InChI is InChI=1S/C26H30N2O7/c1-16(29)23(24(31)32)27-22(30)14-26(10-12-34-13-11-26)28-25(33)35-15-21-19-8-4-2-6-17(19)18-7-3-5-9-20(18)21/h2-9,16,21,23,29H,10-15H2,1H3,(H,27,30)(H,28,33)(H,31,32). The summed E-state index contributed by atoms with van der Waals surface area (Å²) in [5, 5.41) is 24.1. The first-order valence-corrected chi connectivity index (χ1v) is 11.7. The quantitative estimate of drug-likeness (QED) is 0.454. The molecule has 2 aromatic carbocycles. The Kier molecular flexibility index (Phi) is 7.37. The van der Waals surface area contributed by atoms with E-state index >= 15 is 0 Å². The molecule has 9 nitrogen and oxygen atoms in total. The highest BCUT2D eigenvalue weighted by Crippen LogP contribution is 2.44. The number of alkyl carbamates (subject to hydrolysis) is 1. The number of carboxylic acids is 1. The number of fused-ring (bicyclic) bond motifs is 3. The lowest BCUT2D eigenvalue weighted by Gasteiger charge is -2.37. The summed E-state index contributed by atoms with van der Waals surface area (Å²) in [6, 6.07) is 14.6. The Labute approximate surface area is 203 Å². The van der Waals surface area contributed by atoms with Crippen LogP contribution in [0.15, 0.2) is 48.5 Å². The van der Waals surface area contributed by atoms with Gasteiger partial charge in [0, 0.05) is 19.1 Å². The second kappa shape index (κ2) is 10.5. The molecule has 0 aromatic heterocycles. The Morgan fingerprint density at radius 3 is 2.17 bits per heavy atom. The number of carbonyl (C=O) groups is 3. The van der Waals surface area contributed by atoms with Crippen LogP contribution >= 0.6 is 0 Å². The lowest BCUT2D eigenvalue weighted by molar-refractivity contribution is -0.145. The van der Waals surface area contributed by atoms with E-state index in [9.17, 15) is 24.6 Å². The number of aliphatic carboxylic acids is 1. The Hall–Kier alpha value is -3.43. The van der Waals surface area contributed by atoms with Crippen molar-refractivity contribution in [2.45, 2.75) is 49.8 Å². The molecule has 1 saturated heterocycles. The van der Waals surface area contributed by atoms with Crippen LogP contribution in [0.25, 0.3) is 11.1 Å². The van der Waals surface area contributed by atoms with Crippen molar-refractivity contribution < 1.29 is 34.1 Å². The topological polar surface area (TPSA) is 134 Å². The average Bonchev–Trinajstić information content (AvgIpc) is 3.15. The van der Waals surface area contributed by atoms with E-state index in [-0.39, 0.29) is 18.9 Å². The highest BCUT2D eigenvalue weighted by Gasteiger charge is 2.39.